The largest absolute Gasteiger partial charge is 0.472 e. The normalized spacial score (nSPS) is 41.0. The molecule has 2 saturated heterocycles. The van der Waals surface area contributed by atoms with Gasteiger partial charge in [0.1, 0.15) is 42.4 Å². The highest BCUT2D eigenvalue weighted by molar-refractivity contribution is 7.47. The molecule has 4 fully saturated rings. The number of nitrogen functional groups attached to an aromatic ring is 2. The minimum Gasteiger partial charge on any atom is -0.388 e. The molecule has 0 radical (unpaired) electrons. The highest BCUT2D eigenvalue weighted by atomic mass is 31.2. The van der Waals surface area contributed by atoms with E-state index in [2.05, 4.69) is 29.9 Å². The van der Waals surface area contributed by atoms with Crippen LogP contribution < -0.4 is 17.0 Å². The van der Waals surface area contributed by atoms with Gasteiger partial charge >= 0.3 is 15.6 Å². The number of phosphoric ester groups is 2. The number of hydrogen-bond acceptors (Lipinski definition) is 17. The average molecular weight is 684 g/mol. The number of phosphoric acid groups is 2. The first-order valence-electron chi connectivity index (χ1n) is 13.8. The zero-order chi connectivity index (χ0) is 32.3. The van der Waals surface area contributed by atoms with Crippen molar-refractivity contribution in [1.29, 1.82) is 0 Å². The Labute approximate surface area is 255 Å². The smallest absolute Gasteiger partial charge is 0.388 e. The molecule has 4 aromatic rings. The van der Waals surface area contributed by atoms with Gasteiger partial charge in [-0.3, -0.25) is 32.4 Å². The maximum absolute atomic E-state index is 13.4. The molecule has 246 valence electrons. The molecule has 8 rings (SSSR count). The van der Waals surface area contributed by atoms with Crippen molar-refractivity contribution in [3.63, 3.8) is 0 Å². The molecule has 11 atom stereocenters. The lowest BCUT2D eigenvalue weighted by atomic mass is 10.0. The highest BCUT2D eigenvalue weighted by Crippen LogP contribution is 2.72. The summed E-state index contributed by atoms with van der Waals surface area (Å²) in [5, 5.41) is 22.5. The second kappa shape index (κ2) is 10.1. The maximum atomic E-state index is 13.4. The Morgan fingerprint density at radius 2 is 1.70 bits per heavy atom. The van der Waals surface area contributed by atoms with Gasteiger partial charge in [-0.25, -0.2) is 29.1 Å². The Balaban J connectivity index is 1.14. The Kier molecular flexibility index (Phi) is 6.55. The quantitative estimate of drug-likeness (QED) is 0.116. The third-order valence-electron chi connectivity index (χ3n) is 8.96. The number of anilines is 2. The minimum absolute atomic E-state index is 0.0996. The van der Waals surface area contributed by atoms with E-state index in [1.165, 1.54) is 17.2 Å². The van der Waals surface area contributed by atoms with Gasteiger partial charge in [-0.2, -0.15) is 4.98 Å². The summed E-state index contributed by atoms with van der Waals surface area (Å²) in [6.07, 6.45) is -5.27. The SMILES string of the molecule is Nc1nc2c(ncn2[C@@H]2O[C@@H]3COP(=O)(O)O[C@H]4[C@@H](O)[C@H](n5cnc6c(N)ncnc65)[C@H]5CC54COP(=O)(O)O[C@@H]2[C@@H]3O)c(=O)[nH]1. The van der Waals surface area contributed by atoms with Gasteiger partial charge in [-0.05, 0) is 12.3 Å². The fraction of sp³-hybridized carbons (Fsp3) is 0.545. The molecule has 2 aliphatic heterocycles. The van der Waals surface area contributed by atoms with Crippen molar-refractivity contribution >= 4 is 49.7 Å². The Morgan fingerprint density at radius 1 is 0.957 bits per heavy atom. The highest BCUT2D eigenvalue weighted by Gasteiger charge is 2.74. The summed E-state index contributed by atoms with van der Waals surface area (Å²) in [4.78, 5) is 56.6. The van der Waals surface area contributed by atoms with Gasteiger partial charge in [0.25, 0.3) is 5.56 Å². The van der Waals surface area contributed by atoms with Crippen molar-refractivity contribution < 1.29 is 52.0 Å². The van der Waals surface area contributed by atoms with Crippen LogP contribution in [0.15, 0.2) is 23.8 Å². The molecular weight excluding hydrogens is 658 g/mol. The summed E-state index contributed by atoms with van der Waals surface area (Å²) in [7, 11) is -10.1. The molecule has 46 heavy (non-hydrogen) atoms. The predicted molar refractivity (Wildman–Crippen MR) is 149 cm³/mol. The fourth-order valence-corrected chi connectivity index (χ4v) is 8.83. The molecule has 0 amide bonds. The zero-order valence-electron chi connectivity index (χ0n) is 23.2. The fourth-order valence-electron chi connectivity index (χ4n) is 6.81. The van der Waals surface area contributed by atoms with E-state index in [0.29, 0.717) is 0 Å². The number of rotatable bonds is 2. The van der Waals surface area contributed by atoms with Gasteiger partial charge in [-0.15, -0.1) is 0 Å². The van der Waals surface area contributed by atoms with E-state index in [1.54, 1.807) is 0 Å². The number of aromatic amines is 1. The molecular formula is C22H26N10O12P2. The van der Waals surface area contributed by atoms with Gasteiger partial charge in [0.05, 0.1) is 31.9 Å². The zero-order valence-corrected chi connectivity index (χ0v) is 25.0. The summed E-state index contributed by atoms with van der Waals surface area (Å²) in [5.41, 5.74) is 9.95. The van der Waals surface area contributed by atoms with E-state index in [4.69, 9.17) is 34.3 Å². The van der Waals surface area contributed by atoms with E-state index in [0.717, 1.165) is 10.9 Å². The number of nitrogens with zero attached hydrogens (tertiary/aromatic N) is 7. The topological polar surface area (TPSA) is 320 Å². The van der Waals surface area contributed by atoms with Crippen LogP contribution in [0.1, 0.15) is 18.7 Å². The molecule has 4 aromatic heterocycles. The summed E-state index contributed by atoms with van der Waals surface area (Å²) < 4.78 is 56.8. The number of H-pyrrole nitrogens is 1. The molecule has 2 aliphatic carbocycles. The first-order valence-corrected chi connectivity index (χ1v) is 16.8. The molecule has 22 nitrogen and oxygen atoms in total. The molecule has 3 unspecified atom stereocenters. The Bertz CT molecular complexity index is 2040. The van der Waals surface area contributed by atoms with E-state index >= 15 is 0 Å². The first kappa shape index (κ1) is 30.0. The molecule has 24 heteroatoms. The number of aromatic nitrogens is 8. The second-order valence-corrected chi connectivity index (χ2v) is 14.4. The lowest BCUT2D eigenvalue weighted by Gasteiger charge is -2.30. The molecule has 0 aromatic carbocycles. The van der Waals surface area contributed by atoms with Crippen molar-refractivity contribution in [2.24, 2.45) is 11.3 Å². The molecule has 4 aliphatic rings. The number of hydrogen-bond donors (Lipinski definition) is 7. The van der Waals surface area contributed by atoms with Crippen molar-refractivity contribution in [3.8, 4) is 0 Å². The van der Waals surface area contributed by atoms with E-state index in [9.17, 15) is 33.9 Å². The summed E-state index contributed by atoms with van der Waals surface area (Å²) >= 11 is 0. The van der Waals surface area contributed by atoms with Crippen LogP contribution in [0.2, 0.25) is 0 Å². The van der Waals surface area contributed by atoms with Crippen LogP contribution in [0.25, 0.3) is 22.3 Å². The summed E-state index contributed by atoms with van der Waals surface area (Å²) in [6, 6.07) is -0.830. The third kappa shape index (κ3) is 4.53. The number of aliphatic hydroxyl groups is 2. The molecule has 1 spiro atoms. The second-order valence-electron chi connectivity index (χ2n) is 11.5. The third-order valence-corrected chi connectivity index (χ3v) is 10.9. The van der Waals surface area contributed by atoms with Gasteiger partial charge in [-0.1, -0.05) is 0 Å². The average Bonchev–Trinajstić information content (AvgIpc) is 3.26. The van der Waals surface area contributed by atoms with Gasteiger partial charge in [0, 0.05) is 5.41 Å². The van der Waals surface area contributed by atoms with Gasteiger partial charge in [0.2, 0.25) is 5.95 Å². The van der Waals surface area contributed by atoms with Crippen molar-refractivity contribution in [1.82, 2.24) is 39.0 Å². The van der Waals surface area contributed by atoms with E-state index in [1.807, 2.05) is 0 Å². The van der Waals surface area contributed by atoms with Crippen molar-refractivity contribution in [2.75, 3.05) is 24.7 Å². The molecule has 2 bridgehead atoms. The molecule has 9 N–H and O–H groups in total. The van der Waals surface area contributed by atoms with E-state index < -0.39 is 88.5 Å². The number of nitrogens with one attached hydrogen (secondary N) is 1. The molecule has 2 saturated carbocycles. The van der Waals surface area contributed by atoms with Crippen LogP contribution in [-0.4, -0.2) is 103 Å². The maximum Gasteiger partial charge on any atom is 0.472 e. The summed E-state index contributed by atoms with van der Waals surface area (Å²) in [6.45, 7) is -1.34. The first-order chi connectivity index (χ1) is 21.8. The number of ether oxygens (including phenoxy) is 1. The van der Waals surface area contributed by atoms with E-state index in [-0.39, 0.29) is 40.5 Å². The van der Waals surface area contributed by atoms with Crippen LogP contribution in [0.5, 0.6) is 0 Å². The Hall–Kier alpha value is -3.40. The lowest BCUT2D eigenvalue weighted by molar-refractivity contribution is -0.0668. The summed E-state index contributed by atoms with van der Waals surface area (Å²) in [5.74, 6) is -0.685. The standard InChI is InChI=1S/C22H26N10O12P2/c23-16-9-17(26-4-25-16)31(5-27-9)11-7-1-22(7)3-41-46(38,39)43-14-12(33)8(2-40-45(36,37)44-15(22)13(11)34)42-20(14)32-6-28-10-18(32)29-21(24)30-19(10)35/h4-8,11-15,20,33-34H,1-3H2,(H,36,37)(H,38,39)(H2,23,25,26)(H3,24,29,30,35)/t7-,8-,11-,12-,13+,14-,15+,20-,22?/m1/s1. The van der Waals surface area contributed by atoms with Crippen LogP contribution in [0, 0.1) is 11.3 Å². The van der Waals surface area contributed by atoms with Crippen LogP contribution in [0.3, 0.4) is 0 Å². The van der Waals surface area contributed by atoms with Crippen molar-refractivity contribution in [2.45, 2.75) is 49.2 Å². The Morgan fingerprint density at radius 3 is 2.50 bits per heavy atom. The van der Waals surface area contributed by atoms with Gasteiger partial charge < -0.3 is 40.8 Å². The number of fused-ring (bicyclic) bond motifs is 4. The minimum atomic E-state index is -5.05. The molecule has 6 heterocycles. The number of nitrogens with two attached hydrogens (primary N) is 2. The van der Waals surface area contributed by atoms with Gasteiger partial charge in [0.15, 0.2) is 28.9 Å². The number of imidazole rings is 2. The van der Waals surface area contributed by atoms with Crippen LogP contribution >= 0.6 is 15.6 Å². The predicted octanol–water partition coefficient (Wildman–Crippen LogP) is -1.68. The van der Waals surface area contributed by atoms with Crippen molar-refractivity contribution in [3.05, 3.63) is 29.3 Å². The van der Waals surface area contributed by atoms with Crippen LogP contribution in [0.4, 0.5) is 11.8 Å². The van der Waals surface area contributed by atoms with Crippen LogP contribution in [-0.2, 0) is 32.0 Å². The monoisotopic (exact) mass is 684 g/mol. The number of aliphatic hydroxyl groups excluding tert-OH is 2. The lowest BCUT2D eigenvalue weighted by Crippen LogP contribution is -2.38.